The van der Waals surface area contributed by atoms with Gasteiger partial charge >= 0.3 is 5.97 Å². The van der Waals surface area contributed by atoms with Crippen LogP contribution in [0.4, 0.5) is 0 Å². The number of amides is 1. The van der Waals surface area contributed by atoms with E-state index in [1.807, 2.05) is 6.92 Å². The van der Waals surface area contributed by atoms with Gasteiger partial charge in [-0.05, 0) is 25.1 Å². The first-order chi connectivity index (χ1) is 12.4. The van der Waals surface area contributed by atoms with E-state index in [1.165, 1.54) is 25.3 Å². The first-order valence-corrected chi connectivity index (χ1v) is 10.4. The fourth-order valence-electron chi connectivity index (χ4n) is 3.39. The van der Waals surface area contributed by atoms with Crippen molar-refractivity contribution in [1.29, 1.82) is 0 Å². The fraction of sp³-hybridized carbons (Fsp3) is 0.556. The monoisotopic (exact) mass is 399 g/mol. The Morgan fingerprint density at radius 3 is 2.41 bits per heavy atom. The molecule has 1 fully saturated rings. The van der Waals surface area contributed by atoms with Crippen molar-refractivity contribution in [3.05, 3.63) is 23.8 Å². The maximum Gasteiger partial charge on any atom is 0.330 e. The van der Waals surface area contributed by atoms with Crippen molar-refractivity contribution in [3.63, 3.8) is 0 Å². The number of nitrogens with one attached hydrogen (secondary N) is 1. The van der Waals surface area contributed by atoms with Crippen LogP contribution in [0.1, 0.15) is 37.6 Å². The Morgan fingerprint density at radius 1 is 1.33 bits per heavy atom. The van der Waals surface area contributed by atoms with E-state index in [0.717, 1.165) is 6.26 Å². The molecule has 0 spiro atoms. The molecule has 1 aromatic carbocycles. The van der Waals surface area contributed by atoms with Gasteiger partial charge in [-0.15, -0.1) is 0 Å². The molecule has 1 saturated carbocycles. The third-order valence-corrected chi connectivity index (χ3v) is 6.41. The van der Waals surface area contributed by atoms with E-state index in [1.54, 1.807) is 13.8 Å². The van der Waals surface area contributed by atoms with Gasteiger partial charge in [-0.3, -0.25) is 4.79 Å². The van der Waals surface area contributed by atoms with Crippen molar-refractivity contribution >= 4 is 21.7 Å². The predicted octanol–water partition coefficient (Wildman–Crippen LogP) is 1.49. The topological polar surface area (TPSA) is 119 Å². The van der Waals surface area contributed by atoms with Gasteiger partial charge in [0.25, 0.3) is 5.91 Å². The van der Waals surface area contributed by atoms with E-state index in [9.17, 15) is 23.1 Å². The summed E-state index contributed by atoms with van der Waals surface area (Å²) in [5.41, 5.74) is -2.43. The zero-order chi connectivity index (χ0) is 20.6. The number of hydrogen-bond acceptors (Lipinski definition) is 6. The Balaban J connectivity index is 2.42. The summed E-state index contributed by atoms with van der Waals surface area (Å²) in [6.45, 7) is 5.68. The summed E-state index contributed by atoms with van der Waals surface area (Å²) >= 11 is 0. The first-order valence-electron chi connectivity index (χ1n) is 8.46. The van der Waals surface area contributed by atoms with Crippen LogP contribution >= 0.6 is 0 Å². The van der Waals surface area contributed by atoms with Crippen LogP contribution in [0, 0.1) is 5.41 Å². The minimum Gasteiger partial charge on any atom is -0.496 e. The zero-order valence-electron chi connectivity index (χ0n) is 16.0. The average Bonchev–Trinajstić information content (AvgIpc) is 2.58. The molecule has 0 saturated heterocycles. The molecule has 150 valence electrons. The second-order valence-corrected chi connectivity index (χ2v) is 9.18. The number of sulfone groups is 1. The molecule has 1 aliphatic carbocycles. The Hall–Kier alpha value is -2.13. The van der Waals surface area contributed by atoms with Crippen LogP contribution in [-0.2, 0) is 19.4 Å². The van der Waals surface area contributed by atoms with Crippen molar-refractivity contribution in [3.8, 4) is 5.75 Å². The SMILES string of the molecule is CCOC1CC(NC(=O)c2cc(S(C)(=O)=O)ccc2OC)(C(=O)O)C1(C)C. The van der Waals surface area contributed by atoms with Gasteiger partial charge in [-0.2, -0.15) is 0 Å². The molecule has 0 bridgehead atoms. The molecule has 8 nitrogen and oxygen atoms in total. The van der Waals surface area contributed by atoms with Gasteiger partial charge in [-0.25, -0.2) is 13.2 Å². The number of hydrogen-bond donors (Lipinski definition) is 2. The number of ether oxygens (including phenoxy) is 2. The highest BCUT2D eigenvalue weighted by molar-refractivity contribution is 7.90. The Labute approximate surface area is 158 Å². The maximum absolute atomic E-state index is 12.9. The van der Waals surface area contributed by atoms with Gasteiger partial charge in [0.1, 0.15) is 11.3 Å². The summed E-state index contributed by atoms with van der Waals surface area (Å²) in [6, 6.07) is 3.88. The third-order valence-electron chi connectivity index (χ3n) is 5.30. The van der Waals surface area contributed by atoms with Gasteiger partial charge in [0.2, 0.25) is 0 Å². The van der Waals surface area contributed by atoms with Crippen LogP contribution in [0.2, 0.25) is 0 Å². The third kappa shape index (κ3) is 3.53. The smallest absolute Gasteiger partial charge is 0.330 e. The normalized spacial score (nSPS) is 24.0. The Kier molecular flexibility index (Phi) is 5.58. The molecule has 0 radical (unpaired) electrons. The second-order valence-electron chi connectivity index (χ2n) is 7.17. The van der Waals surface area contributed by atoms with Crippen LogP contribution in [0.25, 0.3) is 0 Å². The predicted molar refractivity (Wildman–Crippen MR) is 97.7 cm³/mol. The molecule has 2 unspecified atom stereocenters. The highest BCUT2D eigenvalue weighted by atomic mass is 32.2. The molecular weight excluding hydrogens is 374 g/mol. The molecular formula is C18H25NO7S. The molecule has 27 heavy (non-hydrogen) atoms. The van der Waals surface area contributed by atoms with Crippen LogP contribution in [0.5, 0.6) is 5.75 Å². The van der Waals surface area contributed by atoms with Crippen LogP contribution in [-0.4, -0.2) is 57.0 Å². The number of carbonyl (C=O) groups is 2. The number of carboxylic acid groups (broad SMARTS) is 1. The van der Waals surface area contributed by atoms with Gasteiger partial charge in [0.05, 0.1) is 23.7 Å². The van der Waals surface area contributed by atoms with Crippen molar-refractivity contribution < 1.29 is 32.6 Å². The summed E-state index contributed by atoms with van der Waals surface area (Å²) in [5.74, 6) is -1.74. The number of benzene rings is 1. The fourth-order valence-corrected chi connectivity index (χ4v) is 4.04. The molecule has 0 aromatic heterocycles. The van der Waals surface area contributed by atoms with Gasteiger partial charge in [0.15, 0.2) is 9.84 Å². The second kappa shape index (κ2) is 7.12. The Bertz CT molecular complexity index is 862. The molecule has 2 N–H and O–H groups in total. The van der Waals surface area contributed by atoms with Crippen molar-refractivity contribution in [2.24, 2.45) is 5.41 Å². The minimum absolute atomic E-state index is 0.0447. The molecule has 0 heterocycles. The summed E-state index contributed by atoms with van der Waals surface area (Å²) in [5, 5.41) is 12.4. The molecule has 1 amide bonds. The number of aliphatic carboxylic acids is 1. The number of methoxy groups -OCH3 is 1. The van der Waals surface area contributed by atoms with E-state index in [-0.39, 0.29) is 28.7 Å². The lowest BCUT2D eigenvalue weighted by Gasteiger charge is -2.58. The van der Waals surface area contributed by atoms with E-state index in [0.29, 0.717) is 6.61 Å². The molecule has 2 rings (SSSR count). The van der Waals surface area contributed by atoms with E-state index in [4.69, 9.17) is 9.47 Å². The number of carbonyl (C=O) groups excluding carboxylic acids is 1. The highest BCUT2D eigenvalue weighted by Crippen LogP contribution is 2.51. The molecule has 1 aromatic rings. The van der Waals surface area contributed by atoms with E-state index < -0.39 is 32.7 Å². The lowest BCUT2D eigenvalue weighted by molar-refractivity contribution is -0.190. The van der Waals surface area contributed by atoms with Crippen LogP contribution in [0.3, 0.4) is 0 Å². The summed E-state index contributed by atoms with van der Waals surface area (Å²) in [6.07, 6.45) is 0.822. The Morgan fingerprint density at radius 2 is 1.96 bits per heavy atom. The van der Waals surface area contributed by atoms with Crippen molar-refractivity contribution in [1.82, 2.24) is 5.32 Å². The average molecular weight is 399 g/mol. The minimum atomic E-state index is -3.55. The molecule has 9 heteroatoms. The summed E-state index contributed by atoms with van der Waals surface area (Å²) in [7, 11) is -2.20. The van der Waals surface area contributed by atoms with Crippen LogP contribution in [0.15, 0.2) is 23.1 Å². The van der Waals surface area contributed by atoms with E-state index >= 15 is 0 Å². The molecule has 2 atom stereocenters. The van der Waals surface area contributed by atoms with Gasteiger partial charge in [0, 0.05) is 24.7 Å². The van der Waals surface area contributed by atoms with Gasteiger partial charge < -0.3 is 19.9 Å². The van der Waals surface area contributed by atoms with Crippen molar-refractivity contribution in [2.75, 3.05) is 20.0 Å². The largest absolute Gasteiger partial charge is 0.496 e. The molecule has 0 aliphatic heterocycles. The van der Waals surface area contributed by atoms with Crippen LogP contribution < -0.4 is 10.1 Å². The summed E-state index contributed by atoms with van der Waals surface area (Å²) < 4.78 is 34.3. The van der Waals surface area contributed by atoms with E-state index in [2.05, 4.69) is 5.32 Å². The zero-order valence-corrected chi connectivity index (χ0v) is 16.8. The standard InChI is InChI=1S/C18H25NO7S/c1-6-26-14-10-18(16(21)22,17(14,2)3)19-15(20)12-9-11(27(5,23)24)7-8-13(12)25-4/h7-9,14H,6,10H2,1-5H3,(H,19,20)(H,21,22). The van der Waals surface area contributed by atoms with Crippen molar-refractivity contribution in [2.45, 2.75) is 43.7 Å². The van der Waals surface area contributed by atoms with Gasteiger partial charge in [-0.1, -0.05) is 13.8 Å². The maximum atomic E-state index is 12.9. The number of carboxylic acids is 1. The quantitative estimate of drug-likeness (QED) is 0.713. The lowest BCUT2D eigenvalue weighted by Crippen LogP contribution is -2.76. The lowest BCUT2D eigenvalue weighted by atomic mass is 9.54. The number of rotatable bonds is 7. The molecule has 1 aliphatic rings. The summed E-state index contributed by atoms with van der Waals surface area (Å²) in [4.78, 5) is 24.8. The highest BCUT2D eigenvalue weighted by Gasteiger charge is 2.66. The first kappa shape index (κ1) is 21.2.